The average Bonchev–Trinajstić information content (AvgIpc) is 2.86. The van der Waals surface area contributed by atoms with E-state index >= 15 is 0 Å². The van der Waals surface area contributed by atoms with Crippen LogP contribution in [-0.4, -0.2) is 29.9 Å². The van der Waals surface area contributed by atoms with Gasteiger partial charge in [-0.15, -0.1) is 0 Å². The molecule has 3 saturated carbocycles. The summed E-state index contributed by atoms with van der Waals surface area (Å²) in [4.78, 5) is 14.8. The highest BCUT2D eigenvalue weighted by Crippen LogP contribution is 2.62. The number of rotatable bonds is 1. The third-order valence-electron chi connectivity index (χ3n) is 6.70. The molecule has 6 atom stereocenters. The molecule has 3 nitrogen and oxygen atoms in total. The molecule has 2 bridgehead atoms. The van der Waals surface area contributed by atoms with Gasteiger partial charge >= 0.3 is 0 Å². The van der Waals surface area contributed by atoms with Crippen LogP contribution in [0.5, 0.6) is 0 Å². The fraction of sp³-hybridized carbons (Fsp3) is 0.933. The average molecular weight is 248 g/mol. The number of hydrogen-bond donors (Lipinski definition) is 1. The van der Waals surface area contributed by atoms with Crippen LogP contribution in [-0.2, 0) is 4.79 Å². The zero-order chi connectivity index (χ0) is 12.7. The Balaban J connectivity index is 1.46. The van der Waals surface area contributed by atoms with Crippen molar-refractivity contribution < 1.29 is 4.79 Å². The van der Waals surface area contributed by atoms with Crippen LogP contribution >= 0.6 is 0 Å². The Morgan fingerprint density at radius 3 is 2.33 bits per heavy atom. The standard InChI is InChI=1S/C15H24N2O/c1-15(2)10-6-17(7-11(10)15)14(18)12-8-3-4-9(5-8)13(12)16/h8-13H,3-7,16H2,1-2H3. The van der Waals surface area contributed by atoms with Crippen LogP contribution in [0.1, 0.15) is 33.1 Å². The summed E-state index contributed by atoms with van der Waals surface area (Å²) in [6.07, 6.45) is 3.71. The second-order valence-corrected chi connectivity index (χ2v) is 7.71. The third-order valence-corrected chi connectivity index (χ3v) is 6.70. The minimum absolute atomic E-state index is 0.154. The summed E-state index contributed by atoms with van der Waals surface area (Å²) in [5.74, 6) is 3.30. The van der Waals surface area contributed by atoms with Crippen molar-refractivity contribution in [2.45, 2.75) is 39.2 Å². The van der Waals surface area contributed by atoms with Crippen LogP contribution in [0.2, 0.25) is 0 Å². The van der Waals surface area contributed by atoms with Crippen LogP contribution in [0, 0.1) is 35.0 Å². The summed E-state index contributed by atoms with van der Waals surface area (Å²) in [7, 11) is 0. The Bertz CT molecular complexity index is 389. The minimum Gasteiger partial charge on any atom is -0.342 e. The second-order valence-electron chi connectivity index (χ2n) is 7.71. The van der Waals surface area contributed by atoms with Gasteiger partial charge in [-0.05, 0) is 48.3 Å². The molecule has 1 aliphatic heterocycles. The molecule has 0 aromatic heterocycles. The van der Waals surface area contributed by atoms with Gasteiger partial charge in [0.2, 0.25) is 5.91 Å². The van der Waals surface area contributed by atoms with E-state index < -0.39 is 0 Å². The van der Waals surface area contributed by atoms with Crippen LogP contribution in [0.25, 0.3) is 0 Å². The Kier molecular flexibility index (Phi) is 2.07. The zero-order valence-electron chi connectivity index (χ0n) is 11.4. The molecule has 1 heterocycles. The van der Waals surface area contributed by atoms with Crippen LogP contribution in [0.3, 0.4) is 0 Å². The highest BCUT2D eigenvalue weighted by atomic mass is 16.2. The van der Waals surface area contributed by atoms with Crippen molar-refractivity contribution in [2.75, 3.05) is 13.1 Å². The number of likely N-dealkylation sites (tertiary alicyclic amines) is 1. The maximum atomic E-state index is 12.7. The van der Waals surface area contributed by atoms with Gasteiger partial charge in [0.1, 0.15) is 0 Å². The summed E-state index contributed by atoms with van der Waals surface area (Å²) in [5, 5.41) is 0. The normalized spacial score (nSPS) is 51.6. The van der Waals surface area contributed by atoms with Crippen LogP contribution in [0.4, 0.5) is 0 Å². The fourth-order valence-electron chi connectivity index (χ4n) is 5.22. The molecule has 6 unspecified atom stereocenters. The van der Waals surface area contributed by atoms with Crippen molar-refractivity contribution in [2.24, 2.45) is 40.7 Å². The van der Waals surface area contributed by atoms with E-state index in [4.69, 9.17) is 5.73 Å². The summed E-state index contributed by atoms with van der Waals surface area (Å²) < 4.78 is 0. The van der Waals surface area contributed by atoms with Gasteiger partial charge in [-0.25, -0.2) is 0 Å². The number of carbonyl (C=O) groups is 1. The van der Waals surface area contributed by atoms with E-state index in [0.717, 1.165) is 24.9 Å². The van der Waals surface area contributed by atoms with Gasteiger partial charge in [-0.2, -0.15) is 0 Å². The predicted octanol–water partition coefficient (Wildman–Crippen LogP) is 1.47. The number of nitrogens with two attached hydrogens (primary N) is 1. The van der Waals surface area contributed by atoms with Crippen molar-refractivity contribution in [3.63, 3.8) is 0 Å². The second kappa shape index (κ2) is 3.30. The van der Waals surface area contributed by atoms with E-state index in [1.165, 1.54) is 19.3 Å². The fourth-order valence-corrected chi connectivity index (χ4v) is 5.22. The Morgan fingerprint density at radius 1 is 1.17 bits per heavy atom. The van der Waals surface area contributed by atoms with Crippen molar-refractivity contribution in [3.8, 4) is 0 Å². The molecule has 0 spiro atoms. The summed E-state index contributed by atoms with van der Waals surface area (Å²) >= 11 is 0. The van der Waals surface area contributed by atoms with Gasteiger partial charge in [-0.1, -0.05) is 13.8 Å². The van der Waals surface area contributed by atoms with E-state index in [2.05, 4.69) is 18.7 Å². The Labute approximate surface area is 109 Å². The summed E-state index contributed by atoms with van der Waals surface area (Å²) in [5.41, 5.74) is 6.78. The van der Waals surface area contributed by atoms with E-state index in [1.54, 1.807) is 0 Å². The molecule has 1 amide bonds. The number of fused-ring (bicyclic) bond motifs is 3. The number of amides is 1. The molecule has 3 heteroatoms. The molecule has 3 aliphatic carbocycles. The first-order chi connectivity index (χ1) is 8.50. The van der Waals surface area contributed by atoms with E-state index in [0.29, 0.717) is 23.2 Å². The van der Waals surface area contributed by atoms with Gasteiger partial charge in [0.05, 0.1) is 5.92 Å². The highest BCUT2D eigenvalue weighted by molar-refractivity contribution is 5.81. The number of nitrogens with zero attached hydrogens (tertiary/aromatic N) is 1. The Hall–Kier alpha value is -0.570. The van der Waals surface area contributed by atoms with Crippen molar-refractivity contribution in [1.29, 1.82) is 0 Å². The predicted molar refractivity (Wildman–Crippen MR) is 69.6 cm³/mol. The van der Waals surface area contributed by atoms with Crippen molar-refractivity contribution >= 4 is 5.91 Å². The third kappa shape index (κ3) is 1.26. The van der Waals surface area contributed by atoms with E-state index in [1.807, 2.05) is 0 Å². The zero-order valence-corrected chi connectivity index (χ0v) is 11.4. The molecule has 4 aliphatic rings. The molecule has 4 rings (SSSR count). The lowest BCUT2D eigenvalue weighted by Crippen LogP contribution is -2.47. The van der Waals surface area contributed by atoms with Gasteiger partial charge in [0, 0.05) is 19.1 Å². The highest BCUT2D eigenvalue weighted by Gasteiger charge is 2.63. The lowest BCUT2D eigenvalue weighted by Gasteiger charge is -2.32. The van der Waals surface area contributed by atoms with E-state index in [9.17, 15) is 4.79 Å². The molecule has 0 aromatic rings. The molecule has 1 saturated heterocycles. The number of hydrogen-bond acceptors (Lipinski definition) is 2. The van der Waals surface area contributed by atoms with Crippen LogP contribution < -0.4 is 5.73 Å². The molecular formula is C15H24N2O. The molecule has 4 fully saturated rings. The lowest BCUT2D eigenvalue weighted by molar-refractivity contribution is -0.137. The lowest BCUT2D eigenvalue weighted by atomic mass is 9.84. The molecule has 2 N–H and O–H groups in total. The van der Waals surface area contributed by atoms with Gasteiger partial charge in [0.15, 0.2) is 0 Å². The summed E-state index contributed by atoms with van der Waals surface area (Å²) in [6, 6.07) is 0.154. The smallest absolute Gasteiger partial charge is 0.227 e. The summed E-state index contributed by atoms with van der Waals surface area (Å²) in [6.45, 7) is 6.68. The first-order valence-corrected chi connectivity index (χ1v) is 7.54. The largest absolute Gasteiger partial charge is 0.342 e. The number of piperidine rings is 1. The quantitative estimate of drug-likeness (QED) is 0.764. The molecular weight excluding hydrogens is 224 g/mol. The number of carbonyl (C=O) groups excluding carboxylic acids is 1. The van der Waals surface area contributed by atoms with Gasteiger partial charge < -0.3 is 10.6 Å². The molecule has 0 radical (unpaired) electrons. The maximum Gasteiger partial charge on any atom is 0.227 e. The van der Waals surface area contributed by atoms with E-state index in [-0.39, 0.29) is 12.0 Å². The maximum absolute atomic E-state index is 12.7. The van der Waals surface area contributed by atoms with Crippen LogP contribution in [0.15, 0.2) is 0 Å². The SMILES string of the molecule is CC1(C)C2CN(C(=O)C3C4CCC(C4)C3N)CC21. The van der Waals surface area contributed by atoms with Gasteiger partial charge in [0.25, 0.3) is 0 Å². The molecule has 18 heavy (non-hydrogen) atoms. The molecule has 0 aromatic carbocycles. The Morgan fingerprint density at radius 2 is 1.78 bits per heavy atom. The first-order valence-electron chi connectivity index (χ1n) is 7.54. The van der Waals surface area contributed by atoms with Crippen molar-refractivity contribution in [3.05, 3.63) is 0 Å². The van der Waals surface area contributed by atoms with Gasteiger partial charge in [-0.3, -0.25) is 4.79 Å². The monoisotopic (exact) mass is 248 g/mol. The topological polar surface area (TPSA) is 46.3 Å². The van der Waals surface area contributed by atoms with Crippen molar-refractivity contribution in [1.82, 2.24) is 4.90 Å². The minimum atomic E-state index is 0.154. The molecule has 100 valence electrons. The first kappa shape index (κ1) is 11.3.